The number of carbonyl (C=O) groups is 1. The van der Waals surface area contributed by atoms with Crippen LogP contribution in [0, 0.1) is 0 Å². The summed E-state index contributed by atoms with van der Waals surface area (Å²) in [4.78, 5) is 12.3. The van der Waals surface area contributed by atoms with Crippen LogP contribution in [0.2, 0.25) is 0 Å². The number of fused-ring (bicyclic) bond motifs is 1. The molecule has 0 saturated heterocycles. The highest BCUT2D eigenvalue weighted by Crippen LogP contribution is 2.19. The largest absolute Gasteiger partial charge is 0.374 e. The van der Waals surface area contributed by atoms with Gasteiger partial charge in [-0.3, -0.25) is 4.79 Å². The summed E-state index contributed by atoms with van der Waals surface area (Å²) in [7, 11) is 0. The molecule has 4 nitrogen and oxygen atoms in total. The lowest BCUT2D eigenvalue weighted by molar-refractivity contribution is -0.121. The molecule has 3 aromatic carbocycles. The first-order valence-electron chi connectivity index (χ1n) is 9.21. The van der Waals surface area contributed by atoms with Crippen LogP contribution in [0.15, 0.2) is 71.8 Å². The SMILES string of the molecule is CC(Nc1ccc2ccccc2c1)C(=O)NN=Cc1ccc(C(C)C)cc1. The standard InChI is InChI=1S/C23H25N3O/c1-16(2)19-10-8-18(9-11-19)15-24-26-23(27)17(3)25-22-13-12-20-6-4-5-7-21(20)14-22/h4-17,25H,1-3H3,(H,26,27). The average molecular weight is 359 g/mol. The predicted molar refractivity (Wildman–Crippen MR) is 113 cm³/mol. The third kappa shape index (κ3) is 4.94. The van der Waals surface area contributed by atoms with Gasteiger partial charge in [0.25, 0.3) is 5.91 Å². The van der Waals surface area contributed by atoms with Gasteiger partial charge >= 0.3 is 0 Å². The molecule has 1 amide bonds. The van der Waals surface area contributed by atoms with Crippen LogP contribution in [0.5, 0.6) is 0 Å². The first kappa shape index (κ1) is 18.6. The molecule has 3 aromatic rings. The molecule has 0 saturated carbocycles. The predicted octanol–water partition coefficient (Wildman–Crippen LogP) is 4.91. The highest BCUT2D eigenvalue weighted by Gasteiger charge is 2.11. The van der Waals surface area contributed by atoms with E-state index in [0.29, 0.717) is 5.92 Å². The van der Waals surface area contributed by atoms with Gasteiger partial charge in [-0.1, -0.05) is 68.4 Å². The third-order valence-corrected chi connectivity index (χ3v) is 4.52. The van der Waals surface area contributed by atoms with E-state index in [2.05, 4.69) is 54.0 Å². The van der Waals surface area contributed by atoms with Crippen LogP contribution in [0.1, 0.15) is 37.8 Å². The van der Waals surface area contributed by atoms with Crippen molar-refractivity contribution < 1.29 is 4.79 Å². The van der Waals surface area contributed by atoms with E-state index < -0.39 is 6.04 Å². The van der Waals surface area contributed by atoms with Crippen LogP contribution < -0.4 is 10.7 Å². The van der Waals surface area contributed by atoms with Gasteiger partial charge < -0.3 is 5.32 Å². The average Bonchev–Trinajstić information content (AvgIpc) is 2.68. The molecular weight excluding hydrogens is 334 g/mol. The number of hydrazone groups is 1. The molecule has 1 unspecified atom stereocenters. The third-order valence-electron chi connectivity index (χ3n) is 4.52. The van der Waals surface area contributed by atoms with Crippen LogP contribution in [-0.2, 0) is 4.79 Å². The number of nitrogens with zero attached hydrogens (tertiary/aromatic N) is 1. The van der Waals surface area contributed by atoms with E-state index in [1.165, 1.54) is 10.9 Å². The lowest BCUT2D eigenvalue weighted by Gasteiger charge is -2.14. The van der Waals surface area contributed by atoms with Gasteiger partial charge in [-0.05, 0) is 46.9 Å². The molecule has 3 rings (SSSR count). The highest BCUT2D eigenvalue weighted by molar-refractivity contribution is 5.89. The second kappa shape index (κ2) is 8.49. The molecule has 1 atom stereocenters. The fraction of sp³-hybridized carbons (Fsp3) is 0.217. The Hall–Kier alpha value is -3.14. The summed E-state index contributed by atoms with van der Waals surface area (Å²) < 4.78 is 0. The maximum atomic E-state index is 12.3. The Balaban J connectivity index is 1.56. The molecule has 0 fully saturated rings. The molecule has 0 aliphatic carbocycles. The Labute approximate surface area is 160 Å². The van der Waals surface area contributed by atoms with Crippen molar-refractivity contribution in [1.82, 2.24) is 5.43 Å². The van der Waals surface area contributed by atoms with Gasteiger partial charge in [-0.2, -0.15) is 5.10 Å². The Morgan fingerprint density at radius 3 is 2.33 bits per heavy atom. The monoisotopic (exact) mass is 359 g/mol. The second-order valence-electron chi connectivity index (χ2n) is 6.98. The van der Waals surface area contributed by atoms with Crippen molar-refractivity contribution in [3.8, 4) is 0 Å². The normalized spacial score (nSPS) is 12.4. The van der Waals surface area contributed by atoms with Crippen LogP contribution in [0.3, 0.4) is 0 Å². The molecule has 0 heterocycles. The van der Waals surface area contributed by atoms with Gasteiger partial charge in [-0.15, -0.1) is 0 Å². The minimum Gasteiger partial charge on any atom is -0.374 e. The van der Waals surface area contributed by atoms with Crippen molar-refractivity contribution in [3.05, 3.63) is 77.9 Å². The highest BCUT2D eigenvalue weighted by atomic mass is 16.2. The number of anilines is 1. The van der Waals surface area contributed by atoms with Gasteiger partial charge in [0.1, 0.15) is 6.04 Å². The summed E-state index contributed by atoms with van der Waals surface area (Å²) in [5.74, 6) is 0.316. The van der Waals surface area contributed by atoms with Crippen molar-refractivity contribution in [3.63, 3.8) is 0 Å². The van der Waals surface area contributed by atoms with Crippen LogP contribution in [0.4, 0.5) is 5.69 Å². The van der Waals surface area contributed by atoms with Gasteiger partial charge in [0.2, 0.25) is 0 Å². The molecular formula is C23H25N3O. The molecule has 0 spiro atoms. The number of hydrogen-bond acceptors (Lipinski definition) is 3. The molecule has 0 aliphatic heterocycles. The van der Waals surface area contributed by atoms with Crippen molar-refractivity contribution in [2.24, 2.45) is 5.10 Å². The molecule has 0 aliphatic rings. The van der Waals surface area contributed by atoms with E-state index in [9.17, 15) is 4.79 Å². The van der Waals surface area contributed by atoms with Crippen LogP contribution in [-0.4, -0.2) is 18.2 Å². The Morgan fingerprint density at radius 2 is 1.63 bits per heavy atom. The van der Waals surface area contributed by atoms with Crippen molar-refractivity contribution >= 4 is 28.6 Å². The van der Waals surface area contributed by atoms with Crippen molar-refractivity contribution in [2.45, 2.75) is 32.7 Å². The number of hydrogen-bond donors (Lipinski definition) is 2. The maximum absolute atomic E-state index is 12.3. The molecule has 2 N–H and O–H groups in total. The van der Waals surface area contributed by atoms with Gasteiger partial charge in [-0.25, -0.2) is 5.43 Å². The maximum Gasteiger partial charge on any atom is 0.262 e. The molecule has 138 valence electrons. The van der Waals surface area contributed by atoms with E-state index in [1.807, 2.05) is 49.4 Å². The number of carbonyl (C=O) groups excluding carboxylic acids is 1. The Kier molecular flexibility index (Phi) is 5.87. The first-order valence-corrected chi connectivity index (χ1v) is 9.21. The van der Waals surface area contributed by atoms with Crippen LogP contribution in [0.25, 0.3) is 10.8 Å². The van der Waals surface area contributed by atoms with E-state index in [1.54, 1.807) is 6.21 Å². The number of rotatable bonds is 6. The van der Waals surface area contributed by atoms with E-state index in [4.69, 9.17) is 0 Å². The summed E-state index contributed by atoms with van der Waals surface area (Å²) in [6.45, 7) is 6.14. The fourth-order valence-corrected chi connectivity index (χ4v) is 2.83. The van der Waals surface area contributed by atoms with Crippen LogP contribution >= 0.6 is 0 Å². The molecule has 0 aromatic heterocycles. The summed E-state index contributed by atoms with van der Waals surface area (Å²) in [5, 5.41) is 9.59. The molecule has 4 heteroatoms. The smallest absolute Gasteiger partial charge is 0.262 e. The molecule has 0 radical (unpaired) electrons. The zero-order valence-electron chi connectivity index (χ0n) is 15.9. The minimum atomic E-state index is -0.397. The fourth-order valence-electron chi connectivity index (χ4n) is 2.83. The summed E-state index contributed by atoms with van der Waals surface area (Å²) in [6, 6.07) is 22.0. The van der Waals surface area contributed by atoms with E-state index in [0.717, 1.165) is 16.6 Å². The molecule has 0 bridgehead atoms. The zero-order chi connectivity index (χ0) is 19.2. The quantitative estimate of drug-likeness (QED) is 0.485. The summed E-state index contributed by atoms with van der Waals surface area (Å²) >= 11 is 0. The van der Waals surface area contributed by atoms with Crippen molar-refractivity contribution in [2.75, 3.05) is 5.32 Å². The second-order valence-corrected chi connectivity index (χ2v) is 6.98. The number of benzene rings is 3. The lowest BCUT2D eigenvalue weighted by Crippen LogP contribution is -2.34. The van der Waals surface area contributed by atoms with Crippen molar-refractivity contribution in [1.29, 1.82) is 0 Å². The van der Waals surface area contributed by atoms with Gasteiger partial charge in [0.15, 0.2) is 0 Å². The summed E-state index contributed by atoms with van der Waals surface area (Å²) in [6.07, 6.45) is 1.66. The lowest BCUT2D eigenvalue weighted by atomic mass is 10.0. The Morgan fingerprint density at radius 1 is 0.926 bits per heavy atom. The topological polar surface area (TPSA) is 53.5 Å². The minimum absolute atomic E-state index is 0.182. The van der Waals surface area contributed by atoms with Gasteiger partial charge in [0.05, 0.1) is 6.21 Å². The van der Waals surface area contributed by atoms with E-state index >= 15 is 0 Å². The number of amides is 1. The summed E-state index contributed by atoms with van der Waals surface area (Å²) in [5.41, 5.74) is 5.74. The zero-order valence-corrected chi connectivity index (χ0v) is 15.9. The van der Waals surface area contributed by atoms with E-state index in [-0.39, 0.29) is 5.91 Å². The first-order chi connectivity index (χ1) is 13.0. The Bertz CT molecular complexity index is 945. The van der Waals surface area contributed by atoms with Gasteiger partial charge in [0, 0.05) is 5.69 Å². The number of nitrogens with one attached hydrogen (secondary N) is 2. The molecule has 27 heavy (non-hydrogen) atoms.